The number of ether oxygens (including phenoxy) is 1. The molecule has 1 aromatic heterocycles. The molecular weight excluding hydrogens is 354 g/mol. The lowest BCUT2D eigenvalue weighted by Gasteiger charge is -2.13. The Kier molecular flexibility index (Phi) is 4.26. The van der Waals surface area contributed by atoms with E-state index >= 15 is 0 Å². The molecule has 0 aliphatic heterocycles. The Bertz CT molecular complexity index is 890. The number of aromatic hydroxyl groups is 1. The van der Waals surface area contributed by atoms with Crippen LogP contribution >= 0.6 is 15.9 Å². The van der Waals surface area contributed by atoms with E-state index in [2.05, 4.69) is 20.9 Å². The minimum atomic E-state index is 0.283. The molecule has 0 atom stereocenters. The maximum atomic E-state index is 10.5. The Hall–Kier alpha value is -2.07. The van der Waals surface area contributed by atoms with Crippen molar-refractivity contribution < 1.29 is 9.84 Å². The fraction of sp³-hybridized carbons (Fsp3) is 0.211. The van der Waals surface area contributed by atoms with E-state index in [1.165, 1.54) is 0 Å². The highest BCUT2D eigenvalue weighted by Crippen LogP contribution is 2.35. The van der Waals surface area contributed by atoms with E-state index in [1.54, 1.807) is 0 Å². The molecule has 0 fully saturated rings. The molecule has 0 unspecified atom stereocenters. The zero-order valence-corrected chi connectivity index (χ0v) is 14.9. The van der Waals surface area contributed by atoms with Gasteiger partial charge in [-0.15, -0.1) is 0 Å². The summed E-state index contributed by atoms with van der Waals surface area (Å²) in [5.41, 5.74) is 3.53. The van der Waals surface area contributed by atoms with Gasteiger partial charge in [0.2, 0.25) is 0 Å². The molecule has 2 aromatic carbocycles. The number of fused-ring (bicyclic) bond motifs is 1. The Labute approximate surface area is 144 Å². The van der Waals surface area contributed by atoms with Crippen molar-refractivity contribution in [3.63, 3.8) is 0 Å². The zero-order valence-electron chi connectivity index (χ0n) is 13.4. The van der Waals surface area contributed by atoms with E-state index < -0.39 is 0 Å². The van der Waals surface area contributed by atoms with Crippen molar-refractivity contribution in [2.24, 2.45) is 0 Å². The highest BCUT2D eigenvalue weighted by Gasteiger charge is 2.13. The summed E-state index contributed by atoms with van der Waals surface area (Å²) < 4.78 is 6.94. The lowest BCUT2D eigenvalue weighted by atomic mass is 10.0. The molecule has 3 aromatic rings. The molecule has 3 nitrogen and oxygen atoms in total. The molecule has 1 N–H and O–H groups in total. The summed E-state index contributed by atoms with van der Waals surface area (Å²) in [4.78, 5) is 4.65. The van der Waals surface area contributed by atoms with Crippen LogP contribution in [0.5, 0.6) is 17.2 Å². The Morgan fingerprint density at radius 1 is 1.17 bits per heavy atom. The van der Waals surface area contributed by atoms with Crippen molar-refractivity contribution in [3.8, 4) is 17.2 Å². The first kappa shape index (κ1) is 15.8. The van der Waals surface area contributed by atoms with Crippen LogP contribution in [0, 0.1) is 13.8 Å². The highest BCUT2D eigenvalue weighted by molar-refractivity contribution is 9.10. The van der Waals surface area contributed by atoms with Crippen molar-refractivity contribution in [3.05, 3.63) is 57.7 Å². The number of halogens is 1. The molecule has 1 heterocycles. The molecule has 4 heteroatoms. The van der Waals surface area contributed by atoms with Crippen LogP contribution in [0.2, 0.25) is 0 Å². The smallest absolute Gasteiger partial charge is 0.131 e. The average molecular weight is 372 g/mol. The lowest BCUT2D eigenvalue weighted by molar-refractivity contribution is 0.471. The van der Waals surface area contributed by atoms with Gasteiger partial charge < -0.3 is 9.84 Å². The molecule has 0 aliphatic rings. The predicted molar refractivity (Wildman–Crippen MR) is 96.5 cm³/mol. The summed E-state index contributed by atoms with van der Waals surface area (Å²) in [6, 6.07) is 11.5. The molecule has 0 spiro atoms. The normalized spacial score (nSPS) is 11.0. The number of aryl methyl sites for hydroxylation is 2. The molecule has 118 valence electrons. The number of pyridine rings is 1. The summed E-state index contributed by atoms with van der Waals surface area (Å²) >= 11 is 3.44. The second-order valence-corrected chi connectivity index (χ2v) is 6.50. The van der Waals surface area contributed by atoms with Crippen LogP contribution in [0.15, 0.2) is 40.9 Å². The highest BCUT2D eigenvalue weighted by atomic mass is 79.9. The fourth-order valence-electron chi connectivity index (χ4n) is 2.63. The van der Waals surface area contributed by atoms with Gasteiger partial charge in [0.1, 0.15) is 17.2 Å². The topological polar surface area (TPSA) is 42.4 Å². The molecule has 0 aliphatic carbocycles. The summed E-state index contributed by atoms with van der Waals surface area (Å²) in [5.74, 6) is 1.75. The number of nitrogens with zero attached hydrogens (tertiary/aromatic N) is 1. The first-order valence-corrected chi connectivity index (χ1v) is 8.35. The van der Waals surface area contributed by atoms with Crippen LogP contribution in [0.1, 0.15) is 23.7 Å². The average Bonchev–Trinajstić information content (AvgIpc) is 2.52. The molecule has 23 heavy (non-hydrogen) atoms. The van der Waals surface area contributed by atoms with Gasteiger partial charge in [-0.1, -0.05) is 28.9 Å². The molecule has 0 bridgehead atoms. The van der Waals surface area contributed by atoms with Crippen LogP contribution in [-0.2, 0) is 6.42 Å². The van der Waals surface area contributed by atoms with Crippen molar-refractivity contribution in [1.29, 1.82) is 0 Å². The van der Waals surface area contributed by atoms with Gasteiger partial charge in [-0.2, -0.15) is 0 Å². The minimum absolute atomic E-state index is 0.283. The fourth-order valence-corrected chi connectivity index (χ4v) is 3.01. The van der Waals surface area contributed by atoms with E-state index in [1.807, 2.05) is 57.2 Å². The van der Waals surface area contributed by atoms with Gasteiger partial charge in [-0.25, -0.2) is 0 Å². The molecule has 3 rings (SSSR count). The standard InChI is InChI=1S/C19H18BrNO2/c1-4-16-12(3)19(22)15-10-18(11(2)8-17(15)21-16)23-14-7-5-6-13(20)9-14/h5-10H,4H2,1-3H3,(H,21,22). The van der Waals surface area contributed by atoms with E-state index in [0.717, 1.165) is 50.1 Å². The quantitative estimate of drug-likeness (QED) is 0.644. The summed E-state index contributed by atoms with van der Waals surface area (Å²) in [5, 5.41) is 11.2. The van der Waals surface area contributed by atoms with Crippen molar-refractivity contribution >= 4 is 26.8 Å². The molecule has 0 saturated heterocycles. The summed E-state index contributed by atoms with van der Waals surface area (Å²) in [6.07, 6.45) is 0.796. The van der Waals surface area contributed by atoms with Gasteiger partial charge in [0, 0.05) is 21.1 Å². The Morgan fingerprint density at radius 2 is 1.96 bits per heavy atom. The van der Waals surface area contributed by atoms with Crippen LogP contribution in [0.4, 0.5) is 0 Å². The van der Waals surface area contributed by atoms with E-state index in [0.29, 0.717) is 0 Å². The Balaban J connectivity index is 2.12. The SMILES string of the molecule is CCc1nc2cc(C)c(Oc3cccc(Br)c3)cc2c(O)c1C. The largest absolute Gasteiger partial charge is 0.507 e. The molecule has 0 saturated carbocycles. The second-order valence-electron chi connectivity index (χ2n) is 5.58. The van der Waals surface area contributed by atoms with E-state index in [9.17, 15) is 5.11 Å². The van der Waals surface area contributed by atoms with Crippen molar-refractivity contribution in [2.45, 2.75) is 27.2 Å². The third-order valence-corrected chi connectivity index (χ3v) is 4.44. The number of rotatable bonds is 3. The van der Waals surface area contributed by atoms with Crippen LogP contribution in [0.25, 0.3) is 10.9 Å². The van der Waals surface area contributed by atoms with Crippen LogP contribution in [-0.4, -0.2) is 10.1 Å². The van der Waals surface area contributed by atoms with Crippen LogP contribution < -0.4 is 4.74 Å². The van der Waals surface area contributed by atoms with Gasteiger partial charge in [-0.05, 0) is 56.2 Å². The van der Waals surface area contributed by atoms with Gasteiger partial charge >= 0.3 is 0 Å². The number of hydrogen-bond donors (Lipinski definition) is 1. The monoisotopic (exact) mass is 371 g/mol. The summed E-state index contributed by atoms with van der Waals surface area (Å²) in [7, 11) is 0. The number of aromatic nitrogens is 1. The predicted octanol–water partition coefficient (Wildman–Crippen LogP) is 5.67. The van der Waals surface area contributed by atoms with Crippen molar-refractivity contribution in [2.75, 3.05) is 0 Å². The van der Waals surface area contributed by atoms with Gasteiger partial charge in [-0.3, -0.25) is 4.98 Å². The van der Waals surface area contributed by atoms with Gasteiger partial charge in [0.25, 0.3) is 0 Å². The maximum Gasteiger partial charge on any atom is 0.131 e. The molecule has 0 radical (unpaired) electrons. The zero-order chi connectivity index (χ0) is 16.6. The van der Waals surface area contributed by atoms with E-state index in [-0.39, 0.29) is 5.75 Å². The minimum Gasteiger partial charge on any atom is -0.507 e. The number of benzene rings is 2. The molecular formula is C19H18BrNO2. The molecule has 0 amide bonds. The third-order valence-electron chi connectivity index (χ3n) is 3.95. The maximum absolute atomic E-state index is 10.5. The van der Waals surface area contributed by atoms with Crippen LogP contribution in [0.3, 0.4) is 0 Å². The second kappa shape index (κ2) is 6.20. The van der Waals surface area contributed by atoms with Gasteiger partial charge in [0.05, 0.1) is 5.52 Å². The first-order valence-electron chi connectivity index (χ1n) is 7.55. The van der Waals surface area contributed by atoms with Crippen molar-refractivity contribution in [1.82, 2.24) is 4.98 Å². The first-order chi connectivity index (χ1) is 11.0. The third kappa shape index (κ3) is 3.04. The lowest BCUT2D eigenvalue weighted by Crippen LogP contribution is -1.96. The van der Waals surface area contributed by atoms with Gasteiger partial charge in [0.15, 0.2) is 0 Å². The Morgan fingerprint density at radius 3 is 2.65 bits per heavy atom. The van der Waals surface area contributed by atoms with E-state index in [4.69, 9.17) is 4.74 Å². The summed E-state index contributed by atoms with van der Waals surface area (Å²) in [6.45, 7) is 5.92. The number of hydrogen-bond acceptors (Lipinski definition) is 3.